The standard InChI is InChI=1S/C16H17N3O3/c20-15(10-11-4-3-5-11)17-12-6-1-2-7-14(12)19-9-8-13(18-19)16(21)22/h1-2,6-9,11H,3-5,10H2,(H,17,20)(H,21,22). The average Bonchev–Trinajstić information content (AvgIpc) is 2.93. The molecule has 6 heteroatoms. The van der Waals surface area contributed by atoms with Gasteiger partial charge in [0.2, 0.25) is 5.91 Å². The summed E-state index contributed by atoms with van der Waals surface area (Å²) in [5, 5.41) is 15.8. The number of anilines is 1. The van der Waals surface area contributed by atoms with Crippen LogP contribution < -0.4 is 5.32 Å². The van der Waals surface area contributed by atoms with E-state index in [0.717, 1.165) is 12.8 Å². The molecule has 0 atom stereocenters. The zero-order valence-electron chi connectivity index (χ0n) is 12.0. The average molecular weight is 299 g/mol. The van der Waals surface area contributed by atoms with Crippen LogP contribution in [0, 0.1) is 5.92 Å². The quantitative estimate of drug-likeness (QED) is 0.889. The summed E-state index contributed by atoms with van der Waals surface area (Å²) >= 11 is 0. The second-order valence-electron chi connectivity index (χ2n) is 5.52. The summed E-state index contributed by atoms with van der Waals surface area (Å²) in [6.07, 6.45) is 5.56. The van der Waals surface area contributed by atoms with Crippen molar-refractivity contribution < 1.29 is 14.7 Å². The second-order valence-corrected chi connectivity index (χ2v) is 5.52. The molecule has 1 saturated carbocycles. The van der Waals surface area contributed by atoms with Gasteiger partial charge < -0.3 is 10.4 Å². The predicted molar refractivity (Wildman–Crippen MR) is 81.1 cm³/mol. The number of rotatable bonds is 5. The van der Waals surface area contributed by atoms with Crippen molar-refractivity contribution >= 4 is 17.6 Å². The predicted octanol–water partition coefficient (Wildman–Crippen LogP) is 2.70. The van der Waals surface area contributed by atoms with Crippen molar-refractivity contribution in [1.82, 2.24) is 9.78 Å². The first kappa shape index (κ1) is 14.3. The summed E-state index contributed by atoms with van der Waals surface area (Å²) in [5.74, 6) is -0.594. The summed E-state index contributed by atoms with van der Waals surface area (Å²) in [6, 6.07) is 8.64. The molecule has 1 heterocycles. The Kier molecular flexibility index (Phi) is 3.91. The highest BCUT2D eigenvalue weighted by Gasteiger charge is 2.21. The molecule has 0 aliphatic heterocycles. The van der Waals surface area contributed by atoms with E-state index >= 15 is 0 Å². The number of nitrogens with zero attached hydrogens (tertiary/aromatic N) is 2. The van der Waals surface area contributed by atoms with E-state index in [1.807, 2.05) is 12.1 Å². The van der Waals surface area contributed by atoms with E-state index in [1.165, 1.54) is 17.2 Å². The fourth-order valence-corrected chi connectivity index (χ4v) is 2.51. The van der Waals surface area contributed by atoms with Crippen molar-refractivity contribution in [2.24, 2.45) is 5.92 Å². The van der Waals surface area contributed by atoms with Gasteiger partial charge in [0.05, 0.1) is 11.4 Å². The van der Waals surface area contributed by atoms with E-state index in [1.54, 1.807) is 18.3 Å². The lowest BCUT2D eigenvalue weighted by atomic mass is 9.83. The maximum atomic E-state index is 12.1. The zero-order chi connectivity index (χ0) is 15.5. The Morgan fingerprint density at radius 1 is 1.27 bits per heavy atom. The Labute approximate surface area is 127 Å². The Balaban J connectivity index is 1.79. The number of carboxylic acids is 1. The molecule has 0 bridgehead atoms. The smallest absolute Gasteiger partial charge is 0.356 e. The highest BCUT2D eigenvalue weighted by Crippen LogP contribution is 2.30. The number of nitrogens with one attached hydrogen (secondary N) is 1. The van der Waals surface area contributed by atoms with E-state index in [9.17, 15) is 9.59 Å². The summed E-state index contributed by atoms with van der Waals surface area (Å²) < 4.78 is 1.46. The normalized spacial score (nSPS) is 14.4. The number of hydrogen-bond donors (Lipinski definition) is 2. The Morgan fingerprint density at radius 2 is 2.05 bits per heavy atom. The summed E-state index contributed by atoms with van der Waals surface area (Å²) in [6.45, 7) is 0. The molecule has 1 aliphatic carbocycles. The van der Waals surface area contributed by atoms with Crippen LogP contribution in [0.25, 0.3) is 5.69 Å². The fraction of sp³-hybridized carbons (Fsp3) is 0.312. The van der Waals surface area contributed by atoms with E-state index in [4.69, 9.17) is 5.11 Å². The number of carbonyl (C=O) groups excluding carboxylic acids is 1. The topological polar surface area (TPSA) is 84.2 Å². The molecule has 2 aromatic rings. The van der Waals surface area contributed by atoms with Crippen LogP contribution in [-0.2, 0) is 4.79 Å². The van der Waals surface area contributed by atoms with Crippen LogP contribution >= 0.6 is 0 Å². The number of amides is 1. The lowest BCUT2D eigenvalue weighted by Gasteiger charge is -2.24. The van der Waals surface area contributed by atoms with Crippen LogP contribution in [0.5, 0.6) is 0 Å². The van der Waals surface area contributed by atoms with Gasteiger partial charge in [0.25, 0.3) is 0 Å². The molecule has 1 aromatic heterocycles. The molecule has 1 amide bonds. The molecule has 0 spiro atoms. The number of para-hydroxylation sites is 2. The van der Waals surface area contributed by atoms with E-state index in [0.29, 0.717) is 23.7 Å². The molecule has 2 N–H and O–H groups in total. The van der Waals surface area contributed by atoms with Crippen LogP contribution in [0.2, 0.25) is 0 Å². The first-order valence-corrected chi connectivity index (χ1v) is 7.31. The van der Waals surface area contributed by atoms with Crippen molar-refractivity contribution in [1.29, 1.82) is 0 Å². The molecular weight excluding hydrogens is 282 g/mol. The van der Waals surface area contributed by atoms with Gasteiger partial charge in [-0.15, -0.1) is 0 Å². The highest BCUT2D eigenvalue weighted by molar-refractivity contribution is 5.93. The minimum absolute atomic E-state index is 0.0113. The number of aromatic carboxylic acids is 1. The van der Waals surface area contributed by atoms with Gasteiger partial charge in [-0.25, -0.2) is 9.48 Å². The molecule has 1 aromatic carbocycles. The molecular formula is C16H17N3O3. The van der Waals surface area contributed by atoms with Crippen molar-refractivity contribution in [3.63, 3.8) is 0 Å². The minimum Gasteiger partial charge on any atom is -0.476 e. The molecule has 22 heavy (non-hydrogen) atoms. The number of carboxylic acid groups (broad SMARTS) is 1. The van der Waals surface area contributed by atoms with Crippen molar-refractivity contribution in [3.05, 3.63) is 42.2 Å². The van der Waals surface area contributed by atoms with Gasteiger partial charge in [0.15, 0.2) is 5.69 Å². The number of aromatic nitrogens is 2. The molecule has 0 unspecified atom stereocenters. The second kappa shape index (κ2) is 6.01. The Bertz CT molecular complexity index is 704. The van der Waals surface area contributed by atoms with E-state index < -0.39 is 5.97 Å². The van der Waals surface area contributed by atoms with E-state index in [-0.39, 0.29) is 11.6 Å². The minimum atomic E-state index is -1.08. The van der Waals surface area contributed by atoms with Crippen LogP contribution in [0.4, 0.5) is 5.69 Å². The lowest BCUT2D eigenvalue weighted by Crippen LogP contribution is -2.21. The molecule has 0 saturated heterocycles. The molecule has 6 nitrogen and oxygen atoms in total. The largest absolute Gasteiger partial charge is 0.476 e. The van der Waals surface area contributed by atoms with Gasteiger partial charge in [0.1, 0.15) is 0 Å². The number of benzene rings is 1. The Hall–Kier alpha value is -2.63. The maximum Gasteiger partial charge on any atom is 0.356 e. The van der Waals surface area contributed by atoms with Crippen molar-refractivity contribution in [2.45, 2.75) is 25.7 Å². The van der Waals surface area contributed by atoms with Gasteiger partial charge in [-0.1, -0.05) is 18.6 Å². The van der Waals surface area contributed by atoms with Gasteiger partial charge in [0, 0.05) is 12.6 Å². The van der Waals surface area contributed by atoms with Crippen LogP contribution in [0.15, 0.2) is 36.5 Å². The highest BCUT2D eigenvalue weighted by atomic mass is 16.4. The Morgan fingerprint density at radius 3 is 2.68 bits per heavy atom. The number of carbonyl (C=O) groups is 2. The van der Waals surface area contributed by atoms with Crippen LogP contribution in [-0.4, -0.2) is 26.8 Å². The summed E-state index contributed by atoms with van der Waals surface area (Å²) in [4.78, 5) is 23.0. The maximum absolute atomic E-state index is 12.1. The first-order chi connectivity index (χ1) is 10.6. The summed E-state index contributed by atoms with van der Waals surface area (Å²) in [5.41, 5.74) is 1.25. The first-order valence-electron chi connectivity index (χ1n) is 7.31. The molecule has 1 aliphatic rings. The molecule has 114 valence electrons. The fourth-order valence-electron chi connectivity index (χ4n) is 2.51. The SMILES string of the molecule is O=C(CC1CCC1)Nc1ccccc1-n1ccc(C(=O)O)n1. The third-order valence-electron chi connectivity index (χ3n) is 3.93. The van der Waals surface area contributed by atoms with Gasteiger partial charge >= 0.3 is 5.97 Å². The van der Waals surface area contributed by atoms with Crippen molar-refractivity contribution in [2.75, 3.05) is 5.32 Å². The van der Waals surface area contributed by atoms with Gasteiger partial charge in [-0.05, 0) is 37.0 Å². The summed E-state index contributed by atoms with van der Waals surface area (Å²) in [7, 11) is 0. The lowest BCUT2D eigenvalue weighted by molar-refractivity contribution is -0.117. The van der Waals surface area contributed by atoms with Gasteiger partial charge in [-0.2, -0.15) is 5.10 Å². The molecule has 0 radical (unpaired) electrons. The monoisotopic (exact) mass is 299 g/mol. The van der Waals surface area contributed by atoms with Crippen LogP contribution in [0.1, 0.15) is 36.2 Å². The van der Waals surface area contributed by atoms with Crippen LogP contribution in [0.3, 0.4) is 0 Å². The van der Waals surface area contributed by atoms with E-state index in [2.05, 4.69) is 10.4 Å². The molecule has 1 fully saturated rings. The third-order valence-corrected chi connectivity index (χ3v) is 3.93. The van der Waals surface area contributed by atoms with Crippen molar-refractivity contribution in [3.8, 4) is 5.69 Å². The zero-order valence-corrected chi connectivity index (χ0v) is 12.0. The molecule has 3 rings (SSSR count). The van der Waals surface area contributed by atoms with Gasteiger partial charge in [-0.3, -0.25) is 4.79 Å². The third kappa shape index (κ3) is 3.00. The number of hydrogen-bond acceptors (Lipinski definition) is 3.